The molecule has 0 aliphatic rings. The Morgan fingerprint density at radius 3 is 1.72 bits per heavy atom. The Hall–Kier alpha value is -1.42. The van der Waals surface area contributed by atoms with Crippen LogP contribution in [0.3, 0.4) is 0 Å². The van der Waals surface area contributed by atoms with Gasteiger partial charge < -0.3 is 33.7 Å². The van der Waals surface area contributed by atoms with E-state index in [9.17, 15) is 4.79 Å². The third-order valence-electron chi connectivity index (χ3n) is 3.44. The van der Waals surface area contributed by atoms with Gasteiger partial charge in [-0.1, -0.05) is 30.3 Å². The van der Waals surface area contributed by atoms with Crippen molar-refractivity contribution in [2.75, 3.05) is 78.5 Å². The first-order valence-corrected chi connectivity index (χ1v) is 10.3. The van der Waals surface area contributed by atoms with Gasteiger partial charge in [-0.25, -0.2) is 4.79 Å². The third kappa shape index (κ3) is 17.2. The maximum absolute atomic E-state index is 11.5. The summed E-state index contributed by atoms with van der Waals surface area (Å²) in [5, 5.41) is 2.63. The zero-order valence-electron chi connectivity index (χ0n) is 16.8. The minimum Gasteiger partial charge on any atom is -0.445 e. The lowest BCUT2D eigenvalue weighted by atomic mass is 10.2. The average Bonchev–Trinajstić information content (AvgIpc) is 2.75. The van der Waals surface area contributed by atoms with Crippen molar-refractivity contribution in [3.8, 4) is 0 Å². The van der Waals surface area contributed by atoms with Gasteiger partial charge in [0.15, 0.2) is 0 Å². The van der Waals surface area contributed by atoms with Crippen molar-refractivity contribution in [3.05, 3.63) is 35.9 Å². The Morgan fingerprint density at radius 1 is 0.724 bits per heavy atom. The second-order valence-electron chi connectivity index (χ2n) is 5.74. The molecule has 29 heavy (non-hydrogen) atoms. The van der Waals surface area contributed by atoms with Crippen LogP contribution in [0.2, 0.25) is 0 Å². The summed E-state index contributed by atoms with van der Waals surface area (Å²) in [7, 11) is 0. The van der Waals surface area contributed by atoms with E-state index in [0.29, 0.717) is 78.5 Å². The molecule has 0 aromatic heterocycles. The van der Waals surface area contributed by atoms with E-state index in [0.717, 1.165) is 5.56 Å². The number of hydrogen-bond acceptors (Lipinski definition) is 7. The molecule has 1 N–H and O–H groups in total. The van der Waals surface area contributed by atoms with Crippen molar-refractivity contribution >= 4 is 17.7 Å². The molecule has 0 radical (unpaired) electrons. The van der Waals surface area contributed by atoms with E-state index in [1.54, 1.807) is 0 Å². The van der Waals surface area contributed by atoms with Gasteiger partial charge in [0.25, 0.3) is 0 Å². The van der Waals surface area contributed by atoms with Crippen LogP contribution in [0, 0.1) is 0 Å². The number of ether oxygens (including phenoxy) is 6. The summed E-state index contributed by atoms with van der Waals surface area (Å²) in [5.41, 5.74) is 0.945. The number of carbonyl (C=O) groups excluding carboxylic acids is 1. The molecule has 0 bridgehead atoms. The Morgan fingerprint density at radius 2 is 1.21 bits per heavy atom. The van der Waals surface area contributed by atoms with Gasteiger partial charge in [0.2, 0.25) is 0 Å². The van der Waals surface area contributed by atoms with Crippen LogP contribution in [0.15, 0.2) is 30.3 Å². The molecule has 0 unspecified atom stereocenters. The van der Waals surface area contributed by atoms with E-state index in [4.69, 9.17) is 40.0 Å². The summed E-state index contributed by atoms with van der Waals surface area (Å²) in [6.07, 6.45) is -0.461. The fourth-order valence-electron chi connectivity index (χ4n) is 2.04. The Kier molecular flexibility index (Phi) is 17.6. The maximum Gasteiger partial charge on any atom is 0.407 e. The molecule has 0 aliphatic carbocycles. The van der Waals surface area contributed by atoms with Gasteiger partial charge in [-0.15, -0.1) is 11.6 Å². The predicted octanol–water partition coefficient (Wildman–Crippen LogP) is 2.23. The number of amides is 1. The molecule has 0 atom stereocenters. The lowest BCUT2D eigenvalue weighted by Crippen LogP contribution is -2.28. The molecule has 1 aromatic rings. The highest BCUT2D eigenvalue weighted by molar-refractivity contribution is 6.17. The van der Waals surface area contributed by atoms with E-state index < -0.39 is 6.09 Å². The fraction of sp³-hybridized carbons (Fsp3) is 0.650. The number of hydrogen-bond donors (Lipinski definition) is 1. The van der Waals surface area contributed by atoms with Gasteiger partial charge in [-0.05, 0) is 5.56 Å². The van der Waals surface area contributed by atoms with Crippen LogP contribution < -0.4 is 5.32 Å². The Bertz CT molecular complexity index is 493. The number of alkyl halides is 1. The van der Waals surface area contributed by atoms with Crippen LogP contribution in [0.5, 0.6) is 0 Å². The lowest BCUT2D eigenvalue weighted by molar-refractivity contribution is -0.00985. The summed E-state index contributed by atoms with van der Waals surface area (Å²) >= 11 is 5.48. The third-order valence-corrected chi connectivity index (χ3v) is 3.59. The molecule has 0 saturated heterocycles. The van der Waals surface area contributed by atoms with E-state index in [2.05, 4.69) is 5.32 Å². The highest BCUT2D eigenvalue weighted by atomic mass is 35.5. The Labute approximate surface area is 177 Å². The number of rotatable bonds is 19. The van der Waals surface area contributed by atoms with E-state index in [1.807, 2.05) is 30.3 Å². The molecule has 166 valence electrons. The maximum atomic E-state index is 11.5. The van der Waals surface area contributed by atoms with Gasteiger partial charge >= 0.3 is 6.09 Å². The molecule has 0 saturated carbocycles. The standard InChI is InChI=1S/C20H32ClNO7/c21-6-8-24-10-12-26-14-16-28-17-15-27-13-11-25-9-7-22-20(23)29-18-19-4-2-1-3-5-19/h1-5H,6-18H2,(H,22,23). The van der Waals surface area contributed by atoms with Crippen molar-refractivity contribution < 1.29 is 33.2 Å². The first kappa shape index (κ1) is 25.6. The molecule has 0 fully saturated rings. The van der Waals surface area contributed by atoms with Crippen LogP contribution in [0.1, 0.15) is 5.56 Å². The number of nitrogens with one attached hydrogen (secondary N) is 1. The second-order valence-corrected chi connectivity index (χ2v) is 6.12. The average molecular weight is 434 g/mol. The summed E-state index contributed by atoms with van der Waals surface area (Å²) in [6.45, 7) is 5.59. The first-order valence-electron chi connectivity index (χ1n) is 9.72. The van der Waals surface area contributed by atoms with Gasteiger partial charge in [-0.2, -0.15) is 0 Å². The highest BCUT2D eigenvalue weighted by Crippen LogP contribution is 2.00. The molecule has 0 aliphatic heterocycles. The number of benzene rings is 1. The molecule has 8 nitrogen and oxygen atoms in total. The van der Waals surface area contributed by atoms with Crippen molar-refractivity contribution in [2.24, 2.45) is 0 Å². The van der Waals surface area contributed by atoms with Crippen LogP contribution >= 0.6 is 11.6 Å². The van der Waals surface area contributed by atoms with Crippen molar-refractivity contribution in [1.29, 1.82) is 0 Å². The molecule has 0 heterocycles. The molecule has 0 spiro atoms. The van der Waals surface area contributed by atoms with E-state index in [-0.39, 0.29) is 6.61 Å². The van der Waals surface area contributed by atoms with E-state index in [1.165, 1.54) is 0 Å². The normalized spacial score (nSPS) is 10.8. The zero-order chi connectivity index (χ0) is 20.8. The lowest BCUT2D eigenvalue weighted by Gasteiger charge is -2.09. The summed E-state index contributed by atoms with van der Waals surface area (Å²) in [5.74, 6) is 0.495. The monoisotopic (exact) mass is 433 g/mol. The fourth-order valence-corrected chi connectivity index (χ4v) is 2.14. The van der Waals surface area contributed by atoms with Gasteiger partial charge in [0, 0.05) is 12.4 Å². The molecular formula is C20H32ClNO7. The van der Waals surface area contributed by atoms with Crippen molar-refractivity contribution in [3.63, 3.8) is 0 Å². The summed E-state index contributed by atoms with van der Waals surface area (Å²) in [6, 6.07) is 9.51. The zero-order valence-corrected chi connectivity index (χ0v) is 17.6. The minimum absolute atomic E-state index is 0.249. The van der Waals surface area contributed by atoms with E-state index >= 15 is 0 Å². The van der Waals surface area contributed by atoms with Gasteiger partial charge in [-0.3, -0.25) is 0 Å². The van der Waals surface area contributed by atoms with Crippen LogP contribution in [-0.2, 0) is 35.0 Å². The number of halogens is 1. The topological polar surface area (TPSA) is 84.5 Å². The molecule has 1 aromatic carbocycles. The summed E-state index contributed by atoms with van der Waals surface area (Å²) in [4.78, 5) is 11.5. The van der Waals surface area contributed by atoms with Crippen LogP contribution in [0.4, 0.5) is 4.79 Å². The number of carbonyl (C=O) groups is 1. The van der Waals surface area contributed by atoms with Crippen molar-refractivity contribution in [1.82, 2.24) is 5.32 Å². The Balaban J connectivity index is 1.74. The molecular weight excluding hydrogens is 402 g/mol. The van der Waals surface area contributed by atoms with Gasteiger partial charge in [0.05, 0.1) is 66.1 Å². The second kappa shape index (κ2) is 19.9. The molecule has 1 amide bonds. The largest absolute Gasteiger partial charge is 0.445 e. The summed E-state index contributed by atoms with van der Waals surface area (Å²) < 4.78 is 31.7. The highest BCUT2D eigenvalue weighted by Gasteiger charge is 2.01. The number of alkyl carbamates (subject to hydrolysis) is 1. The smallest absolute Gasteiger partial charge is 0.407 e. The first-order chi connectivity index (χ1) is 14.3. The van der Waals surface area contributed by atoms with Gasteiger partial charge in [0.1, 0.15) is 6.61 Å². The molecule has 1 rings (SSSR count). The van der Waals surface area contributed by atoms with Crippen LogP contribution in [0.25, 0.3) is 0 Å². The molecule has 9 heteroatoms. The SMILES string of the molecule is O=C(NCCOCCOCCOCCOCCOCCCl)OCc1ccccc1. The quantitative estimate of drug-likeness (QED) is 0.264. The van der Waals surface area contributed by atoms with Crippen LogP contribution in [-0.4, -0.2) is 84.6 Å². The predicted molar refractivity (Wildman–Crippen MR) is 109 cm³/mol. The minimum atomic E-state index is -0.461. The van der Waals surface area contributed by atoms with Crippen molar-refractivity contribution in [2.45, 2.75) is 6.61 Å².